The standard InChI is InChI=1S/C12H18O/c13-8-10-4-7-11-5-2-1-3-6-12(10,11)9-11/h8,10H,1-7,9H2. The van der Waals surface area contributed by atoms with Gasteiger partial charge in [0, 0.05) is 5.92 Å². The molecule has 1 nitrogen and oxygen atoms in total. The van der Waals surface area contributed by atoms with Crippen molar-refractivity contribution in [2.24, 2.45) is 16.7 Å². The molecule has 0 amide bonds. The summed E-state index contributed by atoms with van der Waals surface area (Å²) in [6, 6.07) is 0. The molecule has 0 spiro atoms. The summed E-state index contributed by atoms with van der Waals surface area (Å²) in [5, 5.41) is 0. The molecule has 3 saturated carbocycles. The zero-order chi connectivity index (χ0) is 8.94. The first-order chi connectivity index (χ1) is 6.33. The summed E-state index contributed by atoms with van der Waals surface area (Å²) < 4.78 is 0. The van der Waals surface area contributed by atoms with Gasteiger partial charge in [0.25, 0.3) is 0 Å². The Hall–Kier alpha value is -0.330. The van der Waals surface area contributed by atoms with Crippen molar-refractivity contribution >= 4 is 6.29 Å². The zero-order valence-electron chi connectivity index (χ0n) is 8.22. The Balaban J connectivity index is 1.92. The van der Waals surface area contributed by atoms with E-state index >= 15 is 0 Å². The molecule has 0 aliphatic heterocycles. The summed E-state index contributed by atoms with van der Waals surface area (Å²) in [7, 11) is 0. The number of carbonyl (C=O) groups excluding carboxylic acids is 1. The number of carbonyl (C=O) groups is 1. The second-order valence-electron chi connectivity index (χ2n) is 5.46. The zero-order valence-corrected chi connectivity index (χ0v) is 8.22. The Labute approximate surface area is 79.9 Å². The topological polar surface area (TPSA) is 17.1 Å². The maximum atomic E-state index is 11.0. The fourth-order valence-electron chi connectivity index (χ4n) is 4.41. The first kappa shape index (κ1) is 8.02. The van der Waals surface area contributed by atoms with Gasteiger partial charge in [-0.05, 0) is 42.9 Å². The lowest BCUT2D eigenvalue weighted by Gasteiger charge is -2.18. The van der Waals surface area contributed by atoms with Gasteiger partial charge in [0.15, 0.2) is 0 Å². The van der Waals surface area contributed by atoms with Gasteiger partial charge in [0.05, 0.1) is 0 Å². The van der Waals surface area contributed by atoms with E-state index in [0.717, 1.165) is 0 Å². The van der Waals surface area contributed by atoms with E-state index in [1.165, 1.54) is 57.7 Å². The van der Waals surface area contributed by atoms with E-state index in [4.69, 9.17) is 0 Å². The Bertz CT molecular complexity index is 248. The van der Waals surface area contributed by atoms with E-state index in [-0.39, 0.29) is 0 Å². The minimum Gasteiger partial charge on any atom is -0.303 e. The quantitative estimate of drug-likeness (QED) is 0.564. The molecule has 0 saturated heterocycles. The van der Waals surface area contributed by atoms with Crippen LogP contribution in [0.5, 0.6) is 0 Å². The van der Waals surface area contributed by atoms with Crippen LogP contribution in [0.3, 0.4) is 0 Å². The smallest absolute Gasteiger partial charge is 0.123 e. The predicted molar refractivity (Wildman–Crippen MR) is 51.4 cm³/mol. The first-order valence-electron chi connectivity index (χ1n) is 5.78. The lowest BCUT2D eigenvalue weighted by atomic mass is 9.85. The third-order valence-electron chi connectivity index (χ3n) is 5.17. The van der Waals surface area contributed by atoms with Gasteiger partial charge in [-0.15, -0.1) is 0 Å². The summed E-state index contributed by atoms with van der Waals surface area (Å²) in [5.74, 6) is 0.436. The van der Waals surface area contributed by atoms with Gasteiger partial charge >= 0.3 is 0 Å². The van der Waals surface area contributed by atoms with Crippen LogP contribution in [0, 0.1) is 16.7 Å². The Kier molecular flexibility index (Phi) is 1.46. The molecular weight excluding hydrogens is 160 g/mol. The maximum absolute atomic E-state index is 11.0. The van der Waals surface area contributed by atoms with Gasteiger partial charge in [-0.2, -0.15) is 0 Å². The molecule has 0 bridgehead atoms. The SMILES string of the molecule is O=CC1CCC23CCCCCC12C3. The lowest BCUT2D eigenvalue weighted by Crippen LogP contribution is -2.16. The van der Waals surface area contributed by atoms with Gasteiger partial charge in [-0.1, -0.05) is 19.3 Å². The van der Waals surface area contributed by atoms with Crippen molar-refractivity contribution in [2.75, 3.05) is 0 Å². The second kappa shape index (κ2) is 2.37. The molecule has 0 aromatic carbocycles. The van der Waals surface area contributed by atoms with Crippen molar-refractivity contribution in [1.82, 2.24) is 0 Å². The predicted octanol–water partition coefficient (Wildman–Crippen LogP) is 2.94. The Morgan fingerprint density at radius 2 is 1.92 bits per heavy atom. The average molecular weight is 178 g/mol. The molecule has 3 atom stereocenters. The molecular formula is C12H18O. The van der Waals surface area contributed by atoms with E-state index < -0.39 is 0 Å². The first-order valence-corrected chi connectivity index (χ1v) is 5.78. The molecule has 3 aliphatic rings. The Morgan fingerprint density at radius 3 is 2.77 bits per heavy atom. The molecule has 0 N–H and O–H groups in total. The van der Waals surface area contributed by atoms with Crippen LogP contribution in [0.4, 0.5) is 0 Å². The van der Waals surface area contributed by atoms with Crippen LogP contribution in [0.2, 0.25) is 0 Å². The van der Waals surface area contributed by atoms with Crippen molar-refractivity contribution in [2.45, 2.75) is 51.4 Å². The molecule has 0 aromatic heterocycles. The molecule has 13 heavy (non-hydrogen) atoms. The number of hydrogen-bond acceptors (Lipinski definition) is 1. The second-order valence-corrected chi connectivity index (χ2v) is 5.46. The van der Waals surface area contributed by atoms with Gasteiger partial charge in [0.2, 0.25) is 0 Å². The van der Waals surface area contributed by atoms with Gasteiger partial charge < -0.3 is 4.79 Å². The van der Waals surface area contributed by atoms with Crippen LogP contribution < -0.4 is 0 Å². The molecule has 3 rings (SSSR count). The minimum atomic E-state index is 0.436. The molecule has 0 radical (unpaired) electrons. The molecule has 0 heterocycles. The van der Waals surface area contributed by atoms with Crippen LogP contribution in [-0.2, 0) is 4.79 Å². The van der Waals surface area contributed by atoms with Crippen molar-refractivity contribution in [3.63, 3.8) is 0 Å². The summed E-state index contributed by atoms with van der Waals surface area (Å²) in [4.78, 5) is 11.0. The van der Waals surface area contributed by atoms with E-state index in [1.54, 1.807) is 0 Å². The summed E-state index contributed by atoms with van der Waals surface area (Å²) in [6.45, 7) is 0. The molecule has 3 fully saturated rings. The van der Waals surface area contributed by atoms with Crippen LogP contribution in [0.25, 0.3) is 0 Å². The normalized spacial score (nSPS) is 53.4. The highest BCUT2D eigenvalue weighted by atomic mass is 16.1. The number of aldehydes is 1. The highest BCUT2D eigenvalue weighted by molar-refractivity contribution is 5.59. The highest BCUT2D eigenvalue weighted by Gasteiger charge is 2.72. The number of rotatable bonds is 1. The van der Waals surface area contributed by atoms with E-state index in [2.05, 4.69) is 0 Å². The maximum Gasteiger partial charge on any atom is 0.123 e. The van der Waals surface area contributed by atoms with Crippen LogP contribution in [0.15, 0.2) is 0 Å². The van der Waals surface area contributed by atoms with Crippen molar-refractivity contribution < 1.29 is 4.79 Å². The summed E-state index contributed by atoms with van der Waals surface area (Å²) >= 11 is 0. The Morgan fingerprint density at radius 1 is 1.08 bits per heavy atom. The molecule has 3 unspecified atom stereocenters. The van der Waals surface area contributed by atoms with E-state index in [9.17, 15) is 4.79 Å². The van der Waals surface area contributed by atoms with Crippen molar-refractivity contribution in [3.05, 3.63) is 0 Å². The summed E-state index contributed by atoms with van der Waals surface area (Å²) in [5.41, 5.74) is 1.18. The lowest BCUT2D eigenvalue weighted by molar-refractivity contribution is -0.112. The van der Waals surface area contributed by atoms with Crippen LogP contribution >= 0.6 is 0 Å². The van der Waals surface area contributed by atoms with Crippen molar-refractivity contribution in [3.8, 4) is 0 Å². The molecule has 0 aromatic rings. The largest absolute Gasteiger partial charge is 0.303 e. The third kappa shape index (κ3) is 0.812. The van der Waals surface area contributed by atoms with Crippen LogP contribution in [-0.4, -0.2) is 6.29 Å². The average Bonchev–Trinajstić information content (AvgIpc) is 2.70. The summed E-state index contributed by atoms with van der Waals surface area (Å²) in [6.07, 6.45) is 12.2. The van der Waals surface area contributed by atoms with Crippen molar-refractivity contribution in [1.29, 1.82) is 0 Å². The number of hydrogen-bond donors (Lipinski definition) is 0. The molecule has 3 aliphatic carbocycles. The minimum absolute atomic E-state index is 0.436. The monoisotopic (exact) mass is 178 g/mol. The molecule has 1 heteroatoms. The van der Waals surface area contributed by atoms with E-state index in [1.807, 2.05) is 0 Å². The van der Waals surface area contributed by atoms with Gasteiger partial charge in [-0.25, -0.2) is 0 Å². The fraction of sp³-hybridized carbons (Fsp3) is 0.917. The fourth-order valence-corrected chi connectivity index (χ4v) is 4.41. The molecule has 72 valence electrons. The van der Waals surface area contributed by atoms with Gasteiger partial charge in [-0.3, -0.25) is 0 Å². The van der Waals surface area contributed by atoms with Crippen LogP contribution in [0.1, 0.15) is 51.4 Å². The third-order valence-corrected chi connectivity index (χ3v) is 5.17. The van der Waals surface area contributed by atoms with Gasteiger partial charge in [0.1, 0.15) is 6.29 Å². The van der Waals surface area contributed by atoms with E-state index in [0.29, 0.717) is 16.7 Å². The highest BCUT2D eigenvalue weighted by Crippen LogP contribution is 2.80.